The SMILES string of the molecule is CCc1c(C(=O)OC)nnn1CC. The molecule has 5 heteroatoms. The molecule has 13 heavy (non-hydrogen) atoms. The molecule has 0 fully saturated rings. The number of hydrogen-bond donors (Lipinski definition) is 0. The Labute approximate surface area is 76.7 Å². The maximum absolute atomic E-state index is 11.2. The summed E-state index contributed by atoms with van der Waals surface area (Å²) in [6.07, 6.45) is 0.727. The third-order valence-corrected chi connectivity index (χ3v) is 1.85. The van der Waals surface area contributed by atoms with Crippen molar-refractivity contribution in [1.82, 2.24) is 15.0 Å². The monoisotopic (exact) mass is 183 g/mol. The number of ether oxygens (including phenoxy) is 1. The lowest BCUT2D eigenvalue weighted by molar-refractivity contribution is 0.0592. The Morgan fingerprint density at radius 2 is 2.23 bits per heavy atom. The lowest BCUT2D eigenvalue weighted by atomic mass is 10.2. The number of esters is 1. The third kappa shape index (κ3) is 1.68. The largest absolute Gasteiger partial charge is 0.464 e. The van der Waals surface area contributed by atoms with Gasteiger partial charge in [-0.2, -0.15) is 0 Å². The molecule has 0 aliphatic heterocycles. The first-order valence-electron chi connectivity index (χ1n) is 4.25. The number of rotatable bonds is 3. The van der Waals surface area contributed by atoms with Crippen LogP contribution in [0.25, 0.3) is 0 Å². The van der Waals surface area contributed by atoms with Crippen molar-refractivity contribution in [2.75, 3.05) is 7.11 Å². The molecule has 1 heterocycles. The van der Waals surface area contributed by atoms with E-state index in [1.54, 1.807) is 4.68 Å². The highest BCUT2D eigenvalue weighted by atomic mass is 16.5. The molecule has 0 N–H and O–H groups in total. The van der Waals surface area contributed by atoms with E-state index in [2.05, 4.69) is 15.0 Å². The minimum absolute atomic E-state index is 0.326. The van der Waals surface area contributed by atoms with Crippen LogP contribution in [0.4, 0.5) is 0 Å². The van der Waals surface area contributed by atoms with Crippen molar-refractivity contribution in [2.24, 2.45) is 0 Å². The van der Waals surface area contributed by atoms with E-state index in [1.807, 2.05) is 13.8 Å². The molecule has 72 valence electrons. The van der Waals surface area contributed by atoms with Crippen molar-refractivity contribution in [3.05, 3.63) is 11.4 Å². The van der Waals surface area contributed by atoms with Crippen molar-refractivity contribution in [3.8, 4) is 0 Å². The molecule has 0 bridgehead atoms. The van der Waals surface area contributed by atoms with Crippen LogP contribution in [0.1, 0.15) is 30.0 Å². The Hall–Kier alpha value is -1.39. The maximum atomic E-state index is 11.2. The van der Waals surface area contributed by atoms with E-state index in [1.165, 1.54) is 7.11 Å². The number of carbonyl (C=O) groups excluding carboxylic acids is 1. The van der Waals surface area contributed by atoms with Crippen LogP contribution in [0.2, 0.25) is 0 Å². The van der Waals surface area contributed by atoms with E-state index in [0.717, 1.165) is 12.1 Å². The minimum Gasteiger partial charge on any atom is -0.464 e. The average molecular weight is 183 g/mol. The number of hydrogen-bond acceptors (Lipinski definition) is 4. The number of aromatic nitrogens is 3. The summed E-state index contributed by atoms with van der Waals surface area (Å²) in [5.41, 5.74) is 1.15. The first-order valence-corrected chi connectivity index (χ1v) is 4.25. The van der Waals surface area contributed by atoms with Crippen LogP contribution in [0, 0.1) is 0 Å². The standard InChI is InChI=1S/C8H13N3O2/c1-4-6-7(8(12)13-3)9-10-11(6)5-2/h4-5H2,1-3H3. The fourth-order valence-electron chi connectivity index (χ4n) is 1.19. The van der Waals surface area contributed by atoms with Gasteiger partial charge in [-0.3, -0.25) is 0 Å². The Morgan fingerprint density at radius 1 is 1.54 bits per heavy atom. The Balaban J connectivity index is 3.07. The molecular weight excluding hydrogens is 170 g/mol. The first-order chi connectivity index (χ1) is 6.24. The smallest absolute Gasteiger partial charge is 0.360 e. The summed E-state index contributed by atoms with van der Waals surface area (Å²) in [6, 6.07) is 0. The molecule has 1 rings (SSSR count). The van der Waals surface area contributed by atoms with Gasteiger partial charge < -0.3 is 4.74 Å². The van der Waals surface area contributed by atoms with Gasteiger partial charge in [0.05, 0.1) is 12.8 Å². The van der Waals surface area contributed by atoms with Gasteiger partial charge in [0, 0.05) is 6.54 Å². The predicted molar refractivity (Wildman–Crippen MR) is 46.4 cm³/mol. The predicted octanol–water partition coefficient (Wildman–Crippen LogP) is 0.647. The molecule has 0 aliphatic carbocycles. The van der Waals surface area contributed by atoms with Crippen LogP contribution in [-0.4, -0.2) is 28.1 Å². The van der Waals surface area contributed by atoms with Crippen LogP contribution in [0.5, 0.6) is 0 Å². The second-order valence-electron chi connectivity index (χ2n) is 2.55. The lowest BCUT2D eigenvalue weighted by Crippen LogP contribution is -2.08. The number of aryl methyl sites for hydroxylation is 1. The first kappa shape index (κ1) is 9.70. The highest BCUT2D eigenvalue weighted by Gasteiger charge is 2.17. The summed E-state index contributed by atoms with van der Waals surface area (Å²) >= 11 is 0. The highest BCUT2D eigenvalue weighted by molar-refractivity contribution is 5.88. The number of methoxy groups -OCH3 is 1. The topological polar surface area (TPSA) is 57.0 Å². The highest BCUT2D eigenvalue weighted by Crippen LogP contribution is 2.07. The van der Waals surface area contributed by atoms with E-state index >= 15 is 0 Å². The van der Waals surface area contributed by atoms with Crippen LogP contribution in [0.3, 0.4) is 0 Å². The number of carbonyl (C=O) groups is 1. The van der Waals surface area contributed by atoms with Crippen molar-refractivity contribution in [2.45, 2.75) is 26.8 Å². The van der Waals surface area contributed by atoms with Gasteiger partial charge in [-0.05, 0) is 13.3 Å². The van der Waals surface area contributed by atoms with Gasteiger partial charge in [-0.25, -0.2) is 9.48 Å². The van der Waals surface area contributed by atoms with E-state index in [0.29, 0.717) is 12.2 Å². The van der Waals surface area contributed by atoms with Crippen LogP contribution in [0.15, 0.2) is 0 Å². The van der Waals surface area contributed by atoms with Crippen molar-refractivity contribution < 1.29 is 9.53 Å². The van der Waals surface area contributed by atoms with Crippen molar-refractivity contribution in [1.29, 1.82) is 0 Å². The molecular formula is C8H13N3O2. The summed E-state index contributed by atoms with van der Waals surface area (Å²) in [6.45, 7) is 4.62. The Kier molecular flexibility index (Phi) is 3.00. The fraction of sp³-hybridized carbons (Fsp3) is 0.625. The summed E-state index contributed by atoms with van der Waals surface area (Å²) < 4.78 is 6.28. The molecule has 0 spiro atoms. The molecule has 5 nitrogen and oxygen atoms in total. The zero-order valence-corrected chi connectivity index (χ0v) is 8.07. The molecule has 0 aliphatic rings. The van der Waals surface area contributed by atoms with Gasteiger partial charge in [0.25, 0.3) is 0 Å². The second-order valence-corrected chi connectivity index (χ2v) is 2.55. The molecule has 0 radical (unpaired) electrons. The van der Waals surface area contributed by atoms with E-state index in [4.69, 9.17) is 0 Å². The maximum Gasteiger partial charge on any atom is 0.360 e. The van der Waals surface area contributed by atoms with E-state index in [-0.39, 0.29) is 0 Å². The quantitative estimate of drug-likeness (QED) is 0.645. The molecule has 1 aromatic heterocycles. The molecule has 0 saturated carbocycles. The second kappa shape index (κ2) is 4.02. The summed E-state index contributed by atoms with van der Waals surface area (Å²) in [5.74, 6) is -0.420. The zero-order chi connectivity index (χ0) is 9.84. The molecule has 0 atom stereocenters. The van der Waals surface area contributed by atoms with Crippen LogP contribution < -0.4 is 0 Å². The van der Waals surface area contributed by atoms with Gasteiger partial charge in [-0.1, -0.05) is 12.1 Å². The van der Waals surface area contributed by atoms with Crippen molar-refractivity contribution >= 4 is 5.97 Å². The lowest BCUT2D eigenvalue weighted by Gasteiger charge is -2.00. The third-order valence-electron chi connectivity index (χ3n) is 1.85. The summed E-state index contributed by atoms with van der Waals surface area (Å²) in [4.78, 5) is 11.2. The molecule has 0 unspecified atom stereocenters. The van der Waals surface area contributed by atoms with Gasteiger partial charge in [0.15, 0.2) is 5.69 Å². The van der Waals surface area contributed by atoms with Gasteiger partial charge in [0.2, 0.25) is 0 Å². The summed E-state index contributed by atoms with van der Waals surface area (Å²) in [7, 11) is 1.34. The normalized spacial score (nSPS) is 10.1. The van der Waals surface area contributed by atoms with Gasteiger partial charge in [-0.15, -0.1) is 5.10 Å². The van der Waals surface area contributed by atoms with E-state index in [9.17, 15) is 4.79 Å². The van der Waals surface area contributed by atoms with Gasteiger partial charge >= 0.3 is 5.97 Å². The molecule has 0 aromatic carbocycles. The van der Waals surface area contributed by atoms with Crippen LogP contribution in [-0.2, 0) is 17.7 Å². The van der Waals surface area contributed by atoms with E-state index < -0.39 is 5.97 Å². The molecule has 0 amide bonds. The van der Waals surface area contributed by atoms with Gasteiger partial charge in [0.1, 0.15) is 0 Å². The minimum atomic E-state index is -0.420. The molecule has 0 saturated heterocycles. The van der Waals surface area contributed by atoms with Crippen molar-refractivity contribution in [3.63, 3.8) is 0 Å². The summed E-state index contributed by atoms with van der Waals surface area (Å²) in [5, 5.41) is 7.61. The number of nitrogens with zero attached hydrogens (tertiary/aromatic N) is 3. The van der Waals surface area contributed by atoms with Crippen LogP contribution >= 0.6 is 0 Å². The average Bonchev–Trinajstić information content (AvgIpc) is 2.58. The Bertz CT molecular complexity index is 306. The zero-order valence-electron chi connectivity index (χ0n) is 8.07. The Morgan fingerprint density at radius 3 is 2.69 bits per heavy atom. The fourth-order valence-corrected chi connectivity index (χ4v) is 1.19. The molecule has 1 aromatic rings.